The van der Waals surface area contributed by atoms with E-state index in [2.05, 4.69) is 18.2 Å². The lowest BCUT2D eigenvalue weighted by Gasteiger charge is -2.55. The van der Waals surface area contributed by atoms with Gasteiger partial charge in [0.1, 0.15) is 0 Å². The number of benzene rings is 1. The standard InChI is InChI=1S/C33H36F3NO4/c1-19-15-26-28-11-12-32(13-14-33(34,35)36,29(40)18-41-20(2)38)31(28,3)17-27(21-5-7-22(37-4)8-6-21)30(26)24-10-9-23(39)16-25(19)24/h5-8,16,19,26-28,37H,9-12,15,17-18H2,1-4H3/t19?,26-,27+,28-,31-,32-/m0/s1. The molecule has 1 N–H and O–H groups in total. The molecule has 0 amide bonds. The van der Waals surface area contributed by atoms with Crippen LogP contribution >= 0.6 is 0 Å². The van der Waals surface area contributed by atoms with Gasteiger partial charge in [0.05, 0.1) is 5.41 Å². The van der Waals surface area contributed by atoms with Crippen molar-refractivity contribution >= 4 is 23.2 Å². The summed E-state index contributed by atoms with van der Waals surface area (Å²) in [4.78, 5) is 37.9. The van der Waals surface area contributed by atoms with E-state index in [0.717, 1.165) is 23.2 Å². The summed E-state index contributed by atoms with van der Waals surface area (Å²) in [7, 11) is 1.83. The molecule has 0 radical (unpaired) electrons. The van der Waals surface area contributed by atoms with Crippen LogP contribution in [0, 0.1) is 40.4 Å². The summed E-state index contributed by atoms with van der Waals surface area (Å²) in [6.07, 6.45) is 0.0315. The van der Waals surface area contributed by atoms with Crippen LogP contribution < -0.4 is 5.32 Å². The molecular weight excluding hydrogens is 531 g/mol. The second kappa shape index (κ2) is 10.5. The van der Waals surface area contributed by atoms with Gasteiger partial charge in [0.25, 0.3) is 0 Å². The van der Waals surface area contributed by atoms with Gasteiger partial charge >= 0.3 is 12.1 Å². The maximum absolute atomic E-state index is 13.8. The van der Waals surface area contributed by atoms with Gasteiger partial charge in [0.2, 0.25) is 0 Å². The zero-order valence-electron chi connectivity index (χ0n) is 23.9. The molecule has 1 aromatic rings. The van der Waals surface area contributed by atoms with E-state index in [4.69, 9.17) is 4.74 Å². The number of ketones is 2. The summed E-state index contributed by atoms with van der Waals surface area (Å²) >= 11 is 0. The molecule has 1 aromatic carbocycles. The van der Waals surface area contributed by atoms with Crippen LogP contribution in [0.3, 0.4) is 0 Å². The largest absolute Gasteiger partial charge is 0.458 e. The second-order valence-electron chi connectivity index (χ2n) is 12.3. The van der Waals surface area contributed by atoms with Gasteiger partial charge in [-0.2, -0.15) is 13.2 Å². The molecule has 8 heteroatoms. The lowest BCUT2D eigenvalue weighted by molar-refractivity contribution is -0.150. The van der Waals surface area contributed by atoms with Crippen molar-refractivity contribution in [3.05, 3.63) is 52.6 Å². The van der Waals surface area contributed by atoms with E-state index in [9.17, 15) is 27.6 Å². The van der Waals surface area contributed by atoms with E-state index >= 15 is 0 Å². The highest BCUT2D eigenvalue weighted by molar-refractivity contribution is 5.93. The molecule has 1 unspecified atom stereocenters. The Balaban J connectivity index is 1.71. The molecule has 5 rings (SSSR count). The van der Waals surface area contributed by atoms with Gasteiger partial charge in [-0.05, 0) is 90.2 Å². The number of halogens is 3. The molecule has 0 spiro atoms. The molecule has 0 heterocycles. The van der Waals surface area contributed by atoms with Crippen molar-refractivity contribution in [1.29, 1.82) is 0 Å². The molecule has 0 saturated heterocycles. The van der Waals surface area contributed by atoms with Crippen molar-refractivity contribution in [3.63, 3.8) is 0 Å². The fourth-order valence-corrected chi connectivity index (χ4v) is 8.36. The third kappa shape index (κ3) is 5.02. The quantitative estimate of drug-likeness (QED) is 0.322. The first-order valence-electron chi connectivity index (χ1n) is 14.3. The Morgan fingerprint density at radius 3 is 2.51 bits per heavy atom. The van der Waals surface area contributed by atoms with Gasteiger partial charge < -0.3 is 10.1 Å². The Kier molecular flexibility index (Phi) is 7.46. The van der Waals surface area contributed by atoms with Crippen molar-refractivity contribution in [2.75, 3.05) is 19.0 Å². The second-order valence-corrected chi connectivity index (χ2v) is 12.3. The van der Waals surface area contributed by atoms with Crippen LogP contribution in [0.5, 0.6) is 0 Å². The molecule has 5 nitrogen and oxygen atoms in total. The van der Waals surface area contributed by atoms with Crippen LogP contribution in [-0.2, 0) is 19.1 Å². The third-order valence-corrected chi connectivity index (χ3v) is 10.2. The first-order valence-corrected chi connectivity index (χ1v) is 14.3. The average molecular weight is 568 g/mol. The van der Waals surface area contributed by atoms with E-state index in [1.165, 1.54) is 24.0 Å². The number of alkyl halides is 3. The van der Waals surface area contributed by atoms with Crippen molar-refractivity contribution in [3.8, 4) is 11.8 Å². The van der Waals surface area contributed by atoms with Gasteiger partial charge in [-0.15, -0.1) is 0 Å². The average Bonchev–Trinajstić information content (AvgIpc) is 3.23. The molecule has 0 aliphatic heterocycles. The number of carbonyl (C=O) groups is 3. The molecule has 6 atom stereocenters. The summed E-state index contributed by atoms with van der Waals surface area (Å²) in [5, 5.41) is 3.13. The zero-order chi connectivity index (χ0) is 29.7. The molecule has 2 saturated carbocycles. The molecule has 4 aliphatic carbocycles. The molecule has 2 fully saturated rings. The number of rotatable bonds is 5. The van der Waals surface area contributed by atoms with E-state index in [-0.39, 0.29) is 35.9 Å². The summed E-state index contributed by atoms with van der Waals surface area (Å²) in [6, 6.07) is 8.04. The van der Waals surface area contributed by atoms with E-state index in [1.54, 1.807) is 6.08 Å². The summed E-state index contributed by atoms with van der Waals surface area (Å²) in [5.41, 5.74) is 3.03. The van der Waals surface area contributed by atoms with Gasteiger partial charge in [0.15, 0.2) is 18.2 Å². The molecule has 0 aromatic heterocycles. The highest BCUT2D eigenvalue weighted by Gasteiger charge is 2.66. The number of anilines is 1. The number of allylic oxidation sites excluding steroid dienone is 4. The monoisotopic (exact) mass is 567 g/mol. The maximum Gasteiger partial charge on any atom is 0.457 e. The fourth-order valence-electron chi connectivity index (χ4n) is 8.36. The lowest BCUT2D eigenvalue weighted by atomic mass is 9.47. The Morgan fingerprint density at radius 2 is 1.88 bits per heavy atom. The number of esters is 1. The van der Waals surface area contributed by atoms with Gasteiger partial charge in [-0.3, -0.25) is 14.4 Å². The Hall–Kier alpha value is -3.34. The van der Waals surface area contributed by atoms with Crippen LogP contribution in [0.25, 0.3) is 0 Å². The Labute approximate surface area is 239 Å². The third-order valence-electron chi connectivity index (χ3n) is 10.2. The molecule has 218 valence electrons. The first kappa shape index (κ1) is 29.2. The number of ether oxygens (including phenoxy) is 1. The van der Waals surface area contributed by atoms with Crippen molar-refractivity contribution in [2.45, 2.75) is 71.4 Å². The number of Topliss-reactive ketones (excluding diaryl/α,β-unsaturated/α-hetero) is 1. The van der Waals surface area contributed by atoms with Gasteiger partial charge in [-0.25, -0.2) is 0 Å². The number of hydrogen-bond donors (Lipinski definition) is 1. The molecule has 41 heavy (non-hydrogen) atoms. The number of carbonyl (C=O) groups excluding carboxylic acids is 3. The van der Waals surface area contributed by atoms with Crippen LogP contribution in [0.2, 0.25) is 0 Å². The smallest absolute Gasteiger partial charge is 0.457 e. The minimum absolute atomic E-state index is 0.0363. The van der Waals surface area contributed by atoms with Crippen LogP contribution in [0.1, 0.15) is 70.8 Å². The van der Waals surface area contributed by atoms with E-state index in [1.807, 2.05) is 38.2 Å². The highest BCUT2D eigenvalue weighted by Crippen LogP contribution is 2.70. The summed E-state index contributed by atoms with van der Waals surface area (Å²) < 4.78 is 45.7. The normalized spacial score (nSPS) is 32.6. The minimum atomic E-state index is -4.76. The number of hydrogen-bond acceptors (Lipinski definition) is 5. The predicted octanol–water partition coefficient (Wildman–Crippen LogP) is 6.56. The zero-order valence-corrected chi connectivity index (χ0v) is 23.9. The van der Waals surface area contributed by atoms with Crippen LogP contribution in [0.15, 0.2) is 47.1 Å². The summed E-state index contributed by atoms with van der Waals surface area (Å²) in [5.74, 6) is 2.73. The molecular formula is C33H36F3NO4. The van der Waals surface area contributed by atoms with Crippen LogP contribution in [-0.4, -0.2) is 37.4 Å². The molecule has 0 bridgehead atoms. The van der Waals surface area contributed by atoms with E-state index < -0.39 is 35.4 Å². The highest BCUT2D eigenvalue weighted by atomic mass is 19.4. The van der Waals surface area contributed by atoms with Gasteiger partial charge in [-0.1, -0.05) is 37.5 Å². The topological polar surface area (TPSA) is 72.5 Å². The van der Waals surface area contributed by atoms with Crippen LogP contribution in [0.4, 0.5) is 18.9 Å². The van der Waals surface area contributed by atoms with Crippen molar-refractivity contribution < 1.29 is 32.3 Å². The summed E-state index contributed by atoms with van der Waals surface area (Å²) in [6.45, 7) is 4.61. The molecule has 4 aliphatic rings. The lowest BCUT2D eigenvalue weighted by Crippen LogP contribution is -2.52. The maximum atomic E-state index is 13.8. The van der Waals surface area contributed by atoms with E-state index in [0.29, 0.717) is 25.7 Å². The van der Waals surface area contributed by atoms with Gasteiger partial charge in [0, 0.05) is 37.9 Å². The fraction of sp³-hybridized carbons (Fsp3) is 0.545. The first-order chi connectivity index (χ1) is 19.3. The predicted molar refractivity (Wildman–Crippen MR) is 149 cm³/mol. The number of nitrogens with one attached hydrogen (secondary N) is 1. The van der Waals surface area contributed by atoms with Crippen molar-refractivity contribution in [2.24, 2.45) is 28.6 Å². The van der Waals surface area contributed by atoms with Crippen molar-refractivity contribution in [1.82, 2.24) is 0 Å². The SMILES string of the molecule is CNc1ccc([C@H]2C[C@@]3(C)[C@@H](CC[C@]3(C#CC(F)(F)F)C(=O)COC(C)=O)[C@@H]3CC(C)C4=CC(=O)CCC4=C32)cc1. The number of fused-ring (bicyclic) bond motifs is 4. The Bertz CT molecular complexity index is 1400. The minimum Gasteiger partial charge on any atom is -0.458 e. The Morgan fingerprint density at radius 1 is 1.17 bits per heavy atom.